The summed E-state index contributed by atoms with van der Waals surface area (Å²) in [6, 6.07) is 0. The number of hydrogen-bond acceptors (Lipinski definition) is 3. The van der Waals surface area contributed by atoms with Crippen molar-refractivity contribution >= 4 is 28.4 Å². The monoisotopic (exact) mass is 179 g/mol. The zero-order valence-corrected chi connectivity index (χ0v) is 6.87. The second-order valence-electron chi connectivity index (χ2n) is 1.97. The van der Waals surface area contributed by atoms with Gasteiger partial charge >= 0.3 is 0 Å². The summed E-state index contributed by atoms with van der Waals surface area (Å²) in [7, 11) is 0. The van der Waals surface area contributed by atoms with Gasteiger partial charge in [-0.15, -0.1) is 0 Å². The standard InChI is InChI=1S/C5H7Cl2N3/c1-2-9-4(6)3(8)5(7)10-2/h2,9H,8H2,1H3. The normalized spacial score (nSPS) is 25.9. The minimum atomic E-state index is -0.0905. The van der Waals surface area contributed by atoms with Gasteiger partial charge in [-0.25, -0.2) is 4.99 Å². The molecule has 0 aromatic rings. The largest absolute Gasteiger partial charge is 0.394 e. The van der Waals surface area contributed by atoms with Gasteiger partial charge in [-0.1, -0.05) is 23.2 Å². The molecule has 1 aliphatic heterocycles. The number of halogens is 2. The van der Waals surface area contributed by atoms with Crippen LogP contribution >= 0.6 is 23.2 Å². The molecule has 1 rings (SSSR count). The van der Waals surface area contributed by atoms with E-state index in [9.17, 15) is 0 Å². The molecule has 1 aliphatic rings. The third kappa shape index (κ3) is 1.36. The van der Waals surface area contributed by atoms with Crippen molar-refractivity contribution in [3.05, 3.63) is 10.9 Å². The summed E-state index contributed by atoms with van der Waals surface area (Å²) in [6.07, 6.45) is -0.0905. The van der Waals surface area contributed by atoms with Crippen LogP contribution in [0.4, 0.5) is 0 Å². The van der Waals surface area contributed by atoms with Crippen LogP contribution in [-0.2, 0) is 0 Å². The highest BCUT2D eigenvalue weighted by Gasteiger charge is 2.14. The summed E-state index contributed by atoms with van der Waals surface area (Å²) in [6.45, 7) is 1.83. The van der Waals surface area contributed by atoms with Crippen molar-refractivity contribution in [2.24, 2.45) is 10.7 Å². The van der Waals surface area contributed by atoms with Gasteiger partial charge in [0.2, 0.25) is 0 Å². The highest BCUT2D eigenvalue weighted by Crippen LogP contribution is 2.12. The SMILES string of the molecule is CC1N=C(Cl)C(N)=C(Cl)N1. The van der Waals surface area contributed by atoms with Gasteiger partial charge in [0.05, 0.1) is 0 Å². The van der Waals surface area contributed by atoms with E-state index in [4.69, 9.17) is 28.9 Å². The maximum absolute atomic E-state index is 5.64. The first-order valence-corrected chi connectivity index (χ1v) is 3.52. The molecule has 0 saturated carbocycles. The maximum Gasteiger partial charge on any atom is 0.152 e. The number of nitrogens with one attached hydrogen (secondary N) is 1. The van der Waals surface area contributed by atoms with Gasteiger partial charge in [0, 0.05) is 0 Å². The third-order valence-electron chi connectivity index (χ3n) is 1.10. The Bertz CT molecular complexity index is 209. The van der Waals surface area contributed by atoms with Gasteiger partial charge in [0.25, 0.3) is 0 Å². The molecule has 1 unspecified atom stereocenters. The fourth-order valence-electron chi connectivity index (χ4n) is 0.624. The molecule has 0 fully saturated rings. The molecular weight excluding hydrogens is 173 g/mol. The average molecular weight is 180 g/mol. The van der Waals surface area contributed by atoms with Crippen LogP contribution < -0.4 is 11.1 Å². The Kier molecular flexibility index (Phi) is 2.06. The van der Waals surface area contributed by atoms with Crippen LogP contribution in [0.15, 0.2) is 15.8 Å². The van der Waals surface area contributed by atoms with Crippen LogP contribution in [-0.4, -0.2) is 11.3 Å². The van der Waals surface area contributed by atoms with E-state index in [1.54, 1.807) is 0 Å². The lowest BCUT2D eigenvalue weighted by Gasteiger charge is -2.17. The number of hydrogen-bond donors (Lipinski definition) is 2. The van der Waals surface area contributed by atoms with Gasteiger partial charge in [-0.3, -0.25) is 0 Å². The van der Waals surface area contributed by atoms with E-state index in [0.29, 0.717) is 10.9 Å². The zero-order valence-electron chi connectivity index (χ0n) is 5.36. The fourth-order valence-corrected chi connectivity index (χ4v) is 1.16. The lowest BCUT2D eigenvalue weighted by molar-refractivity contribution is 0.652. The average Bonchev–Trinajstić information content (AvgIpc) is 1.82. The van der Waals surface area contributed by atoms with E-state index in [2.05, 4.69) is 10.3 Å². The summed E-state index contributed by atoms with van der Waals surface area (Å²) < 4.78 is 0. The number of allylic oxidation sites excluding steroid dienone is 1. The molecule has 0 aromatic heterocycles. The van der Waals surface area contributed by atoms with E-state index < -0.39 is 0 Å². The Labute approximate surface area is 68.9 Å². The Balaban J connectivity index is 2.90. The van der Waals surface area contributed by atoms with Gasteiger partial charge < -0.3 is 11.1 Å². The highest BCUT2D eigenvalue weighted by molar-refractivity contribution is 6.70. The van der Waals surface area contributed by atoms with Crippen LogP contribution in [0.5, 0.6) is 0 Å². The van der Waals surface area contributed by atoms with Crippen LogP contribution in [0.3, 0.4) is 0 Å². The first-order chi connectivity index (χ1) is 4.61. The minimum absolute atomic E-state index is 0.0905. The number of rotatable bonds is 0. The van der Waals surface area contributed by atoms with E-state index in [1.807, 2.05) is 6.92 Å². The van der Waals surface area contributed by atoms with E-state index in [-0.39, 0.29) is 11.3 Å². The number of aliphatic imine (C=N–C) groups is 1. The fraction of sp³-hybridized carbons (Fsp3) is 0.400. The Morgan fingerprint density at radius 1 is 1.60 bits per heavy atom. The molecule has 10 heavy (non-hydrogen) atoms. The molecule has 0 aromatic carbocycles. The first-order valence-electron chi connectivity index (χ1n) is 2.76. The molecule has 3 nitrogen and oxygen atoms in total. The van der Waals surface area contributed by atoms with Crippen molar-refractivity contribution in [3.63, 3.8) is 0 Å². The third-order valence-corrected chi connectivity index (χ3v) is 1.72. The summed E-state index contributed by atoms with van der Waals surface area (Å²) in [4.78, 5) is 3.92. The minimum Gasteiger partial charge on any atom is -0.394 e. The number of nitrogens with zero attached hydrogens (tertiary/aromatic N) is 1. The molecule has 0 amide bonds. The lowest BCUT2D eigenvalue weighted by Crippen LogP contribution is -2.30. The van der Waals surface area contributed by atoms with Gasteiger partial charge in [0.1, 0.15) is 17.0 Å². The molecule has 0 radical (unpaired) electrons. The molecule has 0 spiro atoms. The quantitative estimate of drug-likeness (QED) is 0.545. The summed E-state index contributed by atoms with van der Waals surface area (Å²) in [5.41, 5.74) is 5.71. The van der Waals surface area contributed by atoms with Crippen molar-refractivity contribution in [2.45, 2.75) is 13.1 Å². The molecule has 1 atom stereocenters. The van der Waals surface area contributed by atoms with Crippen LogP contribution in [0, 0.1) is 0 Å². The molecule has 3 N–H and O–H groups in total. The first kappa shape index (κ1) is 7.69. The van der Waals surface area contributed by atoms with Crippen LogP contribution in [0.2, 0.25) is 0 Å². The van der Waals surface area contributed by atoms with E-state index >= 15 is 0 Å². The van der Waals surface area contributed by atoms with Crippen molar-refractivity contribution in [2.75, 3.05) is 0 Å². The Morgan fingerprint density at radius 2 is 2.20 bits per heavy atom. The molecular formula is C5H7Cl2N3. The molecule has 56 valence electrons. The molecule has 0 saturated heterocycles. The second kappa shape index (κ2) is 2.68. The van der Waals surface area contributed by atoms with E-state index in [1.165, 1.54) is 0 Å². The molecule has 5 heteroatoms. The Hall–Kier alpha value is -0.410. The van der Waals surface area contributed by atoms with Crippen LogP contribution in [0.25, 0.3) is 0 Å². The molecule has 1 heterocycles. The maximum atomic E-state index is 5.64. The van der Waals surface area contributed by atoms with Crippen LogP contribution in [0.1, 0.15) is 6.92 Å². The van der Waals surface area contributed by atoms with Crippen molar-refractivity contribution < 1.29 is 0 Å². The molecule has 0 aliphatic carbocycles. The van der Waals surface area contributed by atoms with E-state index in [0.717, 1.165) is 0 Å². The lowest BCUT2D eigenvalue weighted by atomic mass is 10.4. The smallest absolute Gasteiger partial charge is 0.152 e. The van der Waals surface area contributed by atoms with Crippen molar-refractivity contribution in [1.82, 2.24) is 5.32 Å². The number of nitrogens with two attached hydrogens (primary N) is 1. The predicted octanol–water partition coefficient (Wildman–Crippen LogP) is 0.940. The van der Waals surface area contributed by atoms with Crippen molar-refractivity contribution in [1.29, 1.82) is 0 Å². The zero-order chi connectivity index (χ0) is 7.72. The van der Waals surface area contributed by atoms with Gasteiger partial charge in [-0.05, 0) is 6.92 Å². The van der Waals surface area contributed by atoms with Crippen molar-refractivity contribution in [3.8, 4) is 0 Å². The Morgan fingerprint density at radius 3 is 2.70 bits per heavy atom. The molecule has 0 bridgehead atoms. The van der Waals surface area contributed by atoms with Gasteiger partial charge in [-0.2, -0.15) is 0 Å². The highest BCUT2D eigenvalue weighted by atomic mass is 35.5. The topological polar surface area (TPSA) is 50.4 Å². The van der Waals surface area contributed by atoms with Gasteiger partial charge in [0.15, 0.2) is 5.17 Å². The summed E-state index contributed by atoms with van der Waals surface area (Å²) >= 11 is 11.2. The second-order valence-corrected chi connectivity index (χ2v) is 2.70. The summed E-state index contributed by atoms with van der Waals surface area (Å²) in [5, 5.41) is 3.45. The summed E-state index contributed by atoms with van der Waals surface area (Å²) in [5.74, 6) is 0. The predicted molar refractivity (Wildman–Crippen MR) is 43.0 cm³/mol.